The summed E-state index contributed by atoms with van der Waals surface area (Å²) in [5.41, 5.74) is 8.41. The number of ether oxygens (including phenoxy) is 1. The highest BCUT2D eigenvalue weighted by Crippen LogP contribution is 2.40. The van der Waals surface area contributed by atoms with E-state index in [1.54, 1.807) is 32.9 Å². The van der Waals surface area contributed by atoms with Gasteiger partial charge < -0.3 is 31.2 Å². The van der Waals surface area contributed by atoms with Crippen molar-refractivity contribution in [1.82, 2.24) is 16.0 Å². The molecule has 2 aliphatic rings. The number of hydrogen-bond donors (Lipinski definition) is 4. The molecule has 0 unspecified atom stereocenters. The first-order valence-corrected chi connectivity index (χ1v) is 18.9. The first-order valence-electron chi connectivity index (χ1n) is 17.0. The molecule has 2 heterocycles. The zero-order valence-electron chi connectivity index (χ0n) is 29.5. The molecule has 0 fully saturated rings. The van der Waals surface area contributed by atoms with Crippen LogP contribution in [0.25, 0.3) is 0 Å². The normalized spacial score (nSPS) is 17.5. The van der Waals surface area contributed by atoms with E-state index in [4.69, 9.17) is 10.5 Å². The minimum absolute atomic E-state index is 0.0162. The Hall–Kier alpha value is -4.79. The molecule has 2 aromatic carbocycles. The smallest absolute Gasteiger partial charge is 0.408 e. The van der Waals surface area contributed by atoms with Gasteiger partial charge in [-0.15, -0.1) is 0 Å². The minimum Gasteiger partial charge on any atom is -0.444 e. The van der Waals surface area contributed by atoms with Gasteiger partial charge in [0.1, 0.15) is 30.0 Å². The van der Waals surface area contributed by atoms with Crippen LogP contribution in [-0.2, 0) is 64.4 Å². The average molecular weight is 726 g/mol. The van der Waals surface area contributed by atoms with Crippen molar-refractivity contribution < 1.29 is 41.9 Å². The Morgan fingerprint density at radius 3 is 2.37 bits per heavy atom. The Kier molecular flexibility index (Phi) is 12.6. The highest BCUT2D eigenvalue weighted by Gasteiger charge is 2.45. The van der Waals surface area contributed by atoms with Crippen LogP contribution in [0, 0.1) is 0 Å². The lowest BCUT2D eigenvalue weighted by Crippen LogP contribution is -2.57. The van der Waals surface area contributed by atoms with Crippen molar-refractivity contribution in [1.29, 1.82) is 0 Å². The highest BCUT2D eigenvalue weighted by atomic mass is 32.2. The van der Waals surface area contributed by atoms with Crippen LogP contribution < -0.4 is 26.6 Å². The maximum atomic E-state index is 14.2. The fraction of sp³-hybridized carbons (Fsp3) is 0.500. The topological polar surface area (TPSA) is 211 Å². The second-order valence-electron chi connectivity index (χ2n) is 14.0. The molecule has 3 atom stereocenters. The van der Waals surface area contributed by atoms with E-state index in [0.29, 0.717) is 30.5 Å². The monoisotopic (exact) mass is 725 g/mol. The van der Waals surface area contributed by atoms with Crippen molar-refractivity contribution in [2.45, 2.75) is 114 Å². The summed E-state index contributed by atoms with van der Waals surface area (Å²) in [6, 6.07) is 6.69. The summed E-state index contributed by atoms with van der Waals surface area (Å²) in [5.74, 6) is -2.39. The summed E-state index contributed by atoms with van der Waals surface area (Å²) in [4.78, 5) is 78.5. The lowest BCUT2D eigenvalue weighted by Gasteiger charge is -2.29. The molecule has 5 amide bonds. The Bertz CT molecular complexity index is 1770. The van der Waals surface area contributed by atoms with Crippen molar-refractivity contribution in [3.05, 3.63) is 58.7 Å². The lowest BCUT2D eigenvalue weighted by molar-refractivity contribution is -0.131. The second kappa shape index (κ2) is 16.5. The molecule has 5 N–H and O–H groups in total. The number of nitrogens with one attached hydrogen (secondary N) is 3. The van der Waals surface area contributed by atoms with Gasteiger partial charge in [0, 0.05) is 32.1 Å². The summed E-state index contributed by atoms with van der Waals surface area (Å²) >= 11 is 0. The van der Waals surface area contributed by atoms with Crippen molar-refractivity contribution in [2.75, 3.05) is 11.2 Å². The van der Waals surface area contributed by atoms with E-state index in [9.17, 15) is 37.2 Å². The van der Waals surface area contributed by atoms with E-state index in [-0.39, 0.29) is 37.1 Å². The molecule has 0 aromatic heterocycles. The summed E-state index contributed by atoms with van der Waals surface area (Å²) < 4.78 is 29.0. The van der Waals surface area contributed by atoms with Crippen LogP contribution in [0.3, 0.4) is 0 Å². The van der Waals surface area contributed by atoms with Crippen LogP contribution in [0.5, 0.6) is 0 Å². The Labute approximate surface area is 298 Å². The number of benzene rings is 2. The van der Waals surface area contributed by atoms with Gasteiger partial charge in [-0.05, 0) is 93.7 Å². The second-order valence-corrected chi connectivity index (χ2v) is 16.1. The number of alkyl carbamates (subject to hydrolysis) is 1. The third-order valence-corrected chi connectivity index (χ3v) is 9.82. The van der Waals surface area contributed by atoms with Crippen molar-refractivity contribution in [3.8, 4) is 0 Å². The van der Waals surface area contributed by atoms with Gasteiger partial charge in [0.2, 0.25) is 23.6 Å². The molecule has 0 saturated carbocycles. The highest BCUT2D eigenvalue weighted by molar-refractivity contribution is 7.90. The summed E-state index contributed by atoms with van der Waals surface area (Å²) in [7, 11) is -3.40. The van der Waals surface area contributed by atoms with E-state index in [1.165, 1.54) is 17.0 Å². The molecule has 0 spiro atoms. The maximum absolute atomic E-state index is 14.2. The van der Waals surface area contributed by atoms with Crippen molar-refractivity contribution in [3.63, 3.8) is 0 Å². The minimum atomic E-state index is -3.40. The fourth-order valence-corrected chi connectivity index (χ4v) is 6.91. The number of carbonyl (C=O) groups is 6. The van der Waals surface area contributed by atoms with Gasteiger partial charge in [-0.2, -0.15) is 0 Å². The molecule has 276 valence electrons. The van der Waals surface area contributed by atoms with E-state index in [1.807, 2.05) is 12.1 Å². The predicted molar refractivity (Wildman–Crippen MR) is 188 cm³/mol. The third kappa shape index (κ3) is 10.6. The van der Waals surface area contributed by atoms with Gasteiger partial charge >= 0.3 is 6.09 Å². The van der Waals surface area contributed by atoms with Gasteiger partial charge in [-0.25, -0.2) is 13.2 Å². The average Bonchev–Trinajstić information content (AvgIpc) is 3.38. The lowest BCUT2D eigenvalue weighted by atomic mass is 9.95. The largest absolute Gasteiger partial charge is 0.444 e. The number of aldehydes is 1. The number of anilines is 1. The Morgan fingerprint density at radius 2 is 1.75 bits per heavy atom. The number of hydrogen-bond acceptors (Lipinski definition) is 9. The standard InChI is InChI=1S/C36H47N5O9S/c1-36(2,3)50-35(47)40-28-14-11-24-18-23(8-6-5-7-17-42)19-25-20-29(41(31(24)25)34(28)46)33(45)39-27(15-16-30(37)43)32(44)38-21-22-9-12-26(13-10-22)51(4,48)49/h9-10,12-13,17-19,27-29H,5-8,11,14-16,20-21H2,1-4H3,(H2,37,43)(H,38,44)(H,39,45)(H,40,47)/t27-,28-,29-/m0/s1. The maximum Gasteiger partial charge on any atom is 0.408 e. The molecule has 0 radical (unpaired) electrons. The number of amides is 5. The first-order chi connectivity index (χ1) is 24.0. The Balaban J connectivity index is 1.58. The van der Waals surface area contributed by atoms with Gasteiger partial charge in [0.15, 0.2) is 9.84 Å². The number of aryl methyl sites for hydroxylation is 2. The number of primary amides is 1. The fourth-order valence-electron chi connectivity index (χ4n) is 6.28. The first kappa shape index (κ1) is 39.0. The molecule has 2 aromatic rings. The molecule has 0 bridgehead atoms. The number of nitrogens with two attached hydrogens (primary N) is 1. The molecule has 51 heavy (non-hydrogen) atoms. The number of sulfone groups is 1. The molecule has 0 aliphatic carbocycles. The van der Waals surface area contributed by atoms with E-state index < -0.39 is 63.3 Å². The SMILES string of the molecule is CC(C)(C)OC(=O)N[C@H]1CCc2cc(CCCCC=O)cc3c2N(C1=O)[C@H](C(=O)N[C@@H](CCC(N)=O)C(=O)NCc1ccc(S(C)(=O)=O)cc1)C3. The van der Waals surface area contributed by atoms with Crippen LogP contribution in [0.4, 0.5) is 10.5 Å². The number of rotatable bonds is 15. The molecule has 14 nitrogen and oxygen atoms in total. The summed E-state index contributed by atoms with van der Waals surface area (Å²) in [5, 5.41) is 8.14. The predicted octanol–water partition coefficient (Wildman–Crippen LogP) is 2.17. The quantitative estimate of drug-likeness (QED) is 0.156. The molecular weight excluding hydrogens is 678 g/mol. The van der Waals surface area contributed by atoms with Crippen LogP contribution in [0.15, 0.2) is 41.3 Å². The van der Waals surface area contributed by atoms with E-state index >= 15 is 0 Å². The van der Waals surface area contributed by atoms with Crippen LogP contribution in [0.2, 0.25) is 0 Å². The van der Waals surface area contributed by atoms with Crippen LogP contribution >= 0.6 is 0 Å². The number of unbranched alkanes of at least 4 members (excludes halogenated alkanes) is 2. The summed E-state index contributed by atoms with van der Waals surface area (Å²) in [6.07, 6.45) is 4.43. The summed E-state index contributed by atoms with van der Waals surface area (Å²) in [6.45, 7) is 5.14. The molecule has 15 heteroatoms. The van der Waals surface area contributed by atoms with Crippen LogP contribution in [0.1, 0.15) is 81.5 Å². The van der Waals surface area contributed by atoms with Gasteiger partial charge in [0.25, 0.3) is 0 Å². The molecule has 0 saturated heterocycles. The number of carbonyl (C=O) groups excluding carboxylic acids is 6. The van der Waals surface area contributed by atoms with Gasteiger partial charge in [-0.3, -0.25) is 24.1 Å². The van der Waals surface area contributed by atoms with Crippen LogP contribution in [-0.4, -0.2) is 74.4 Å². The Morgan fingerprint density at radius 1 is 1.06 bits per heavy atom. The van der Waals surface area contributed by atoms with E-state index in [2.05, 4.69) is 16.0 Å². The molecule has 2 aliphatic heterocycles. The number of nitrogens with zero attached hydrogens (tertiary/aromatic N) is 1. The van der Waals surface area contributed by atoms with E-state index in [0.717, 1.165) is 42.1 Å². The van der Waals surface area contributed by atoms with Crippen molar-refractivity contribution >= 4 is 51.5 Å². The zero-order chi connectivity index (χ0) is 37.5. The van der Waals surface area contributed by atoms with Gasteiger partial charge in [-0.1, -0.05) is 24.3 Å². The molecular formula is C36H47N5O9S. The van der Waals surface area contributed by atoms with Gasteiger partial charge in [0.05, 0.1) is 10.6 Å². The third-order valence-electron chi connectivity index (χ3n) is 8.69. The zero-order valence-corrected chi connectivity index (χ0v) is 30.3. The molecule has 4 rings (SSSR count). The van der Waals surface area contributed by atoms with Crippen molar-refractivity contribution in [2.24, 2.45) is 5.73 Å².